The summed E-state index contributed by atoms with van der Waals surface area (Å²) in [4.78, 5) is 9.23. The van der Waals surface area contributed by atoms with E-state index in [1.807, 2.05) is 23.1 Å². The quantitative estimate of drug-likeness (QED) is 0.697. The molecule has 5 nitrogen and oxygen atoms in total. The maximum absolute atomic E-state index is 14.7. The summed E-state index contributed by atoms with van der Waals surface area (Å²) in [6.45, 7) is 0.541. The largest absolute Gasteiger partial charge is 0.493 e. The molecule has 0 aliphatic carbocycles. The van der Waals surface area contributed by atoms with Gasteiger partial charge < -0.3 is 19.4 Å². The lowest BCUT2D eigenvalue weighted by Crippen LogP contribution is -2.24. The van der Waals surface area contributed by atoms with Gasteiger partial charge in [-0.1, -0.05) is 6.07 Å². The fraction of sp³-hybridized carbons (Fsp3) is 0.316. The van der Waals surface area contributed by atoms with Crippen LogP contribution in [0.1, 0.15) is 18.0 Å². The molecule has 1 aliphatic rings. The molecule has 2 aromatic carbocycles. The summed E-state index contributed by atoms with van der Waals surface area (Å²) >= 11 is 0. The van der Waals surface area contributed by atoms with E-state index in [0.29, 0.717) is 18.9 Å². The van der Waals surface area contributed by atoms with Crippen molar-refractivity contribution in [2.45, 2.75) is 18.9 Å². The summed E-state index contributed by atoms with van der Waals surface area (Å²) in [5.74, 6) is -0.214. The topological polar surface area (TPSA) is 50.4 Å². The number of rotatable bonds is 6. The van der Waals surface area contributed by atoms with E-state index in [1.54, 1.807) is 18.5 Å². The number of alkyl halides is 2. The Morgan fingerprint density at radius 3 is 2.96 bits per heavy atom. The molecule has 0 radical (unpaired) electrons. The van der Waals surface area contributed by atoms with Crippen LogP contribution in [0.5, 0.6) is 5.75 Å². The second kappa shape index (κ2) is 7.48. The molecule has 1 saturated heterocycles. The molecule has 0 amide bonds. The molecule has 1 N–H and O–H groups in total. The van der Waals surface area contributed by atoms with Crippen molar-refractivity contribution in [3.63, 3.8) is 0 Å². The Balaban J connectivity index is 1.54. The van der Waals surface area contributed by atoms with Crippen LogP contribution in [0, 0.1) is 5.82 Å². The molecule has 1 aromatic heterocycles. The lowest BCUT2D eigenvalue weighted by molar-refractivity contribution is 0.114. The maximum Gasteiger partial charge on any atom is 0.241 e. The van der Waals surface area contributed by atoms with Crippen LogP contribution in [-0.4, -0.2) is 36.3 Å². The third-order valence-electron chi connectivity index (χ3n) is 4.55. The van der Waals surface area contributed by atoms with E-state index in [2.05, 4.69) is 9.97 Å². The summed E-state index contributed by atoms with van der Waals surface area (Å²) in [5.41, 5.74) is 3.11. The van der Waals surface area contributed by atoms with Crippen molar-refractivity contribution in [3.05, 3.63) is 54.1 Å². The number of anilines is 1. The van der Waals surface area contributed by atoms with Gasteiger partial charge in [0.05, 0.1) is 36.6 Å². The van der Waals surface area contributed by atoms with E-state index in [1.165, 1.54) is 6.07 Å². The van der Waals surface area contributed by atoms with Gasteiger partial charge in [0.15, 0.2) is 0 Å². The highest BCUT2D eigenvalue weighted by Gasteiger charge is 2.29. The minimum atomic E-state index is -2.44. The van der Waals surface area contributed by atoms with Crippen LogP contribution in [0.25, 0.3) is 11.0 Å². The van der Waals surface area contributed by atoms with Gasteiger partial charge in [0.2, 0.25) is 6.43 Å². The fourth-order valence-electron chi connectivity index (χ4n) is 3.19. The number of H-pyrrole nitrogens is 1. The Hall–Kier alpha value is -2.74. The zero-order valence-corrected chi connectivity index (χ0v) is 14.4. The second-order valence-corrected chi connectivity index (χ2v) is 6.30. The molecule has 8 heteroatoms. The Bertz CT molecular complexity index is 931. The average Bonchev–Trinajstić information content (AvgIpc) is 3.30. The number of hydrogen-bond acceptors (Lipinski definition) is 4. The highest BCUT2D eigenvalue weighted by Crippen LogP contribution is 2.35. The third-order valence-corrected chi connectivity index (χ3v) is 4.55. The molecular formula is C19H18F3N3O2. The molecule has 4 rings (SSSR count). The molecular weight excluding hydrogens is 359 g/mol. The molecule has 1 atom stereocenters. The number of nitrogens with zero attached hydrogens (tertiary/aromatic N) is 2. The predicted molar refractivity (Wildman–Crippen MR) is 94.6 cm³/mol. The summed E-state index contributed by atoms with van der Waals surface area (Å²) in [5, 5.41) is 0. The molecule has 0 saturated carbocycles. The number of imidazole rings is 1. The smallest absolute Gasteiger partial charge is 0.241 e. The minimum absolute atomic E-state index is 0.153. The van der Waals surface area contributed by atoms with Crippen LogP contribution in [0.2, 0.25) is 0 Å². The molecule has 0 unspecified atom stereocenters. The molecule has 0 spiro atoms. The van der Waals surface area contributed by atoms with Gasteiger partial charge in [-0.05, 0) is 24.3 Å². The van der Waals surface area contributed by atoms with Crippen LogP contribution in [0.15, 0.2) is 42.7 Å². The van der Waals surface area contributed by atoms with Crippen LogP contribution >= 0.6 is 0 Å². The number of aromatic nitrogens is 2. The molecule has 142 valence electrons. The minimum Gasteiger partial charge on any atom is -0.493 e. The van der Waals surface area contributed by atoms with Gasteiger partial charge in [-0.3, -0.25) is 0 Å². The molecule has 1 aliphatic heterocycles. The standard InChI is InChI=1S/C19H18F3N3O2/c20-15-8-13(27-6-5-19(21)22)2-3-14(15)18-9-26-11-25(18)12-1-4-16-17(7-12)24-10-23-16/h1-4,7-8,10,18-19H,5-6,9,11H2,(H,23,24)/t18-/m1/s1. The monoisotopic (exact) mass is 377 g/mol. The van der Waals surface area contributed by atoms with E-state index in [0.717, 1.165) is 16.7 Å². The predicted octanol–water partition coefficient (Wildman–Crippen LogP) is 4.27. The van der Waals surface area contributed by atoms with Crippen molar-refractivity contribution < 1.29 is 22.6 Å². The van der Waals surface area contributed by atoms with Crippen molar-refractivity contribution in [2.24, 2.45) is 0 Å². The van der Waals surface area contributed by atoms with Gasteiger partial charge in [-0.25, -0.2) is 18.2 Å². The van der Waals surface area contributed by atoms with E-state index in [9.17, 15) is 13.2 Å². The molecule has 1 fully saturated rings. The Morgan fingerprint density at radius 2 is 2.15 bits per heavy atom. The molecule has 0 bridgehead atoms. The van der Waals surface area contributed by atoms with Crippen LogP contribution in [-0.2, 0) is 4.74 Å². The van der Waals surface area contributed by atoms with Crippen molar-refractivity contribution in [2.75, 3.05) is 24.8 Å². The van der Waals surface area contributed by atoms with Gasteiger partial charge >= 0.3 is 0 Å². The van der Waals surface area contributed by atoms with Crippen LogP contribution in [0.4, 0.5) is 18.9 Å². The van der Waals surface area contributed by atoms with E-state index >= 15 is 0 Å². The number of ether oxygens (including phenoxy) is 2. The lowest BCUT2D eigenvalue weighted by Gasteiger charge is -2.25. The van der Waals surface area contributed by atoms with Gasteiger partial charge in [0.1, 0.15) is 18.3 Å². The summed E-state index contributed by atoms with van der Waals surface area (Å²) in [6, 6.07) is 9.92. The van der Waals surface area contributed by atoms with E-state index < -0.39 is 12.2 Å². The number of benzene rings is 2. The van der Waals surface area contributed by atoms with Crippen molar-refractivity contribution in [1.82, 2.24) is 9.97 Å². The summed E-state index contributed by atoms with van der Waals surface area (Å²) < 4.78 is 49.8. The molecule has 3 aromatic rings. The fourth-order valence-corrected chi connectivity index (χ4v) is 3.19. The van der Waals surface area contributed by atoms with E-state index in [-0.39, 0.29) is 24.8 Å². The first-order valence-electron chi connectivity index (χ1n) is 8.60. The van der Waals surface area contributed by atoms with Gasteiger partial charge in [-0.2, -0.15) is 0 Å². The lowest BCUT2D eigenvalue weighted by atomic mass is 10.0. The van der Waals surface area contributed by atoms with Crippen molar-refractivity contribution >= 4 is 16.7 Å². The van der Waals surface area contributed by atoms with E-state index in [4.69, 9.17) is 9.47 Å². The normalized spacial score (nSPS) is 17.2. The number of fused-ring (bicyclic) bond motifs is 1. The van der Waals surface area contributed by atoms with Gasteiger partial charge in [0.25, 0.3) is 0 Å². The zero-order valence-electron chi connectivity index (χ0n) is 14.4. The number of hydrogen-bond donors (Lipinski definition) is 1. The molecule has 27 heavy (non-hydrogen) atoms. The first-order chi connectivity index (χ1) is 13.1. The first-order valence-corrected chi connectivity index (χ1v) is 8.60. The SMILES string of the molecule is Fc1cc(OCCC(F)F)ccc1[C@H]1COCN1c1ccc2nc[nH]c2c1. The maximum atomic E-state index is 14.7. The number of nitrogens with one attached hydrogen (secondary N) is 1. The second-order valence-electron chi connectivity index (χ2n) is 6.30. The van der Waals surface area contributed by atoms with Crippen LogP contribution < -0.4 is 9.64 Å². The zero-order chi connectivity index (χ0) is 18.8. The highest BCUT2D eigenvalue weighted by molar-refractivity contribution is 5.79. The first kappa shape index (κ1) is 17.7. The Morgan fingerprint density at radius 1 is 1.26 bits per heavy atom. The average molecular weight is 377 g/mol. The Kier molecular flexibility index (Phi) is 4.89. The van der Waals surface area contributed by atoms with Gasteiger partial charge in [-0.15, -0.1) is 0 Å². The summed E-state index contributed by atoms with van der Waals surface area (Å²) in [7, 11) is 0. The van der Waals surface area contributed by atoms with Crippen molar-refractivity contribution in [1.29, 1.82) is 0 Å². The number of aromatic amines is 1. The van der Waals surface area contributed by atoms with Crippen molar-refractivity contribution in [3.8, 4) is 5.75 Å². The van der Waals surface area contributed by atoms with Crippen LogP contribution in [0.3, 0.4) is 0 Å². The third kappa shape index (κ3) is 3.71. The highest BCUT2D eigenvalue weighted by atomic mass is 19.3. The molecule has 2 heterocycles. The van der Waals surface area contributed by atoms with Gasteiger partial charge in [0, 0.05) is 23.7 Å². The Labute approximate surface area is 153 Å². The summed E-state index contributed by atoms with van der Waals surface area (Å²) in [6.07, 6.45) is -1.20. The number of halogens is 3.